The molecule has 24 heavy (non-hydrogen) atoms. The fraction of sp³-hybridized carbons (Fsp3) is 0.562. The number of aromatic nitrogens is 3. The minimum Gasteiger partial charge on any atom is -0.383 e. The highest BCUT2D eigenvalue weighted by atomic mass is 32.1. The van der Waals surface area contributed by atoms with Crippen LogP contribution >= 0.6 is 11.3 Å². The Hall–Kier alpha value is -1.77. The first kappa shape index (κ1) is 17.1. The molecule has 1 amide bonds. The minimum atomic E-state index is 0.130. The van der Waals surface area contributed by atoms with Gasteiger partial charge in [-0.05, 0) is 18.4 Å². The maximum absolute atomic E-state index is 12.8. The van der Waals surface area contributed by atoms with Gasteiger partial charge in [0, 0.05) is 31.6 Å². The first-order valence-corrected chi connectivity index (χ1v) is 8.95. The summed E-state index contributed by atoms with van der Waals surface area (Å²) in [6.07, 6.45) is 0. The Labute approximate surface area is 145 Å². The standard InChI is InChI=1S/C16H23N5O2S/c1-13-17-18-15-11-19(5-6-21(13)15)12-16(22)20(7-8-23-2)10-14-4-3-9-24-14/h3-4,9H,5-8,10-12H2,1-2H3. The van der Waals surface area contributed by atoms with Crippen molar-refractivity contribution < 1.29 is 9.53 Å². The normalized spacial score (nSPS) is 14.6. The van der Waals surface area contributed by atoms with Crippen molar-refractivity contribution in [2.75, 3.05) is 33.4 Å². The first-order valence-electron chi connectivity index (χ1n) is 8.07. The molecule has 7 nitrogen and oxygen atoms in total. The smallest absolute Gasteiger partial charge is 0.237 e. The van der Waals surface area contributed by atoms with Crippen LogP contribution in [0.15, 0.2) is 17.5 Å². The highest BCUT2D eigenvalue weighted by molar-refractivity contribution is 7.09. The van der Waals surface area contributed by atoms with E-state index in [1.807, 2.05) is 23.3 Å². The lowest BCUT2D eigenvalue weighted by molar-refractivity contribution is -0.134. The average Bonchev–Trinajstić information content (AvgIpc) is 3.21. The number of carbonyl (C=O) groups is 1. The molecule has 0 saturated carbocycles. The summed E-state index contributed by atoms with van der Waals surface area (Å²) in [6, 6.07) is 4.07. The second-order valence-corrected chi connectivity index (χ2v) is 6.95. The van der Waals surface area contributed by atoms with Crippen LogP contribution in [0, 0.1) is 6.92 Å². The summed E-state index contributed by atoms with van der Waals surface area (Å²) in [4.78, 5) is 18.0. The Morgan fingerprint density at radius 1 is 1.42 bits per heavy atom. The topological polar surface area (TPSA) is 63.5 Å². The number of amides is 1. The van der Waals surface area contributed by atoms with E-state index in [2.05, 4.69) is 25.7 Å². The molecule has 1 aliphatic heterocycles. The number of methoxy groups -OCH3 is 1. The molecule has 130 valence electrons. The fourth-order valence-electron chi connectivity index (χ4n) is 2.86. The van der Waals surface area contributed by atoms with Gasteiger partial charge in [-0.25, -0.2) is 0 Å². The van der Waals surface area contributed by atoms with E-state index in [9.17, 15) is 4.79 Å². The summed E-state index contributed by atoms with van der Waals surface area (Å²) >= 11 is 1.67. The van der Waals surface area contributed by atoms with Crippen LogP contribution in [0.1, 0.15) is 16.5 Å². The van der Waals surface area contributed by atoms with E-state index in [1.165, 1.54) is 4.88 Å². The quantitative estimate of drug-likeness (QED) is 0.750. The van der Waals surface area contributed by atoms with E-state index in [0.29, 0.717) is 32.8 Å². The van der Waals surface area contributed by atoms with Crippen LogP contribution in [0.2, 0.25) is 0 Å². The molecule has 0 saturated heterocycles. The zero-order valence-corrected chi connectivity index (χ0v) is 15.0. The van der Waals surface area contributed by atoms with E-state index < -0.39 is 0 Å². The van der Waals surface area contributed by atoms with Crippen molar-refractivity contribution in [3.8, 4) is 0 Å². The lowest BCUT2D eigenvalue weighted by Gasteiger charge is -2.30. The molecule has 3 heterocycles. The van der Waals surface area contributed by atoms with Crippen molar-refractivity contribution in [3.05, 3.63) is 34.0 Å². The number of nitrogens with zero attached hydrogens (tertiary/aromatic N) is 5. The predicted octanol–water partition coefficient (Wildman–Crippen LogP) is 1.14. The number of hydrogen-bond donors (Lipinski definition) is 0. The molecule has 3 rings (SSSR count). The molecule has 2 aromatic rings. The third-order valence-corrected chi connectivity index (χ3v) is 5.08. The van der Waals surface area contributed by atoms with Gasteiger partial charge in [0.1, 0.15) is 11.6 Å². The van der Waals surface area contributed by atoms with Crippen molar-refractivity contribution in [1.82, 2.24) is 24.6 Å². The highest BCUT2D eigenvalue weighted by Crippen LogP contribution is 2.14. The molecule has 0 atom stereocenters. The van der Waals surface area contributed by atoms with Crippen molar-refractivity contribution in [3.63, 3.8) is 0 Å². The molecular weight excluding hydrogens is 326 g/mol. The fourth-order valence-corrected chi connectivity index (χ4v) is 3.58. The van der Waals surface area contributed by atoms with Gasteiger partial charge in [-0.1, -0.05) is 6.07 Å². The van der Waals surface area contributed by atoms with Gasteiger partial charge in [0.05, 0.1) is 26.2 Å². The number of aryl methyl sites for hydroxylation is 1. The van der Waals surface area contributed by atoms with Gasteiger partial charge in [0.2, 0.25) is 5.91 Å². The Bertz CT molecular complexity index is 670. The molecule has 0 unspecified atom stereocenters. The Morgan fingerprint density at radius 3 is 3.04 bits per heavy atom. The van der Waals surface area contributed by atoms with Gasteiger partial charge in [0.15, 0.2) is 0 Å². The lowest BCUT2D eigenvalue weighted by Crippen LogP contribution is -2.44. The number of fused-ring (bicyclic) bond motifs is 1. The van der Waals surface area contributed by atoms with Crippen LogP contribution in [0.4, 0.5) is 0 Å². The van der Waals surface area contributed by atoms with E-state index in [0.717, 1.165) is 24.7 Å². The molecular formula is C16H23N5O2S. The lowest BCUT2D eigenvalue weighted by atomic mass is 10.3. The van der Waals surface area contributed by atoms with Gasteiger partial charge >= 0.3 is 0 Å². The zero-order valence-electron chi connectivity index (χ0n) is 14.1. The van der Waals surface area contributed by atoms with Crippen LogP contribution in [-0.4, -0.2) is 63.8 Å². The third kappa shape index (κ3) is 4.00. The number of hydrogen-bond acceptors (Lipinski definition) is 6. The van der Waals surface area contributed by atoms with Crippen LogP contribution in [0.3, 0.4) is 0 Å². The SMILES string of the molecule is COCCN(Cc1cccs1)C(=O)CN1CCn2c(C)nnc2C1. The van der Waals surface area contributed by atoms with E-state index in [4.69, 9.17) is 4.74 Å². The number of thiophene rings is 1. The van der Waals surface area contributed by atoms with Gasteiger partial charge in [-0.3, -0.25) is 9.69 Å². The first-order chi connectivity index (χ1) is 11.7. The highest BCUT2D eigenvalue weighted by Gasteiger charge is 2.23. The minimum absolute atomic E-state index is 0.130. The molecule has 1 aliphatic rings. The van der Waals surface area contributed by atoms with E-state index >= 15 is 0 Å². The molecule has 0 radical (unpaired) electrons. The number of rotatable bonds is 7. The summed E-state index contributed by atoms with van der Waals surface area (Å²) < 4.78 is 7.28. The van der Waals surface area contributed by atoms with Gasteiger partial charge in [-0.2, -0.15) is 0 Å². The Kier molecular flexibility index (Phi) is 5.60. The van der Waals surface area contributed by atoms with Crippen LogP contribution in [0.5, 0.6) is 0 Å². The van der Waals surface area contributed by atoms with Gasteiger partial charge < -0.3 is 14.2 Å². The second-order valence-electron chi connectivity index (χ2n) is 5.91. The second kappa shape index (κ2) is 7.87. The molecule has 0 N–H and O–H groups in total. The molecule has 0 aromatic carbocycles. The van der Waals surface area contributed by atoms with Crippen molar-refractivity contribution in [2.45, 2.75) is 26.6 Å². The van der Waals surface area contributed by atoms with E-state index in [-0.39, 0.29) is 5.91 Å². The Balaban J connectivity index is 1.60. The molecule has 8 heteroatoms. The third-order valence-electron chi connectivity index (χ3n) is 4.22. The largest absolute Gasteiger partial charge is 0.383 e. The monoisotopic (exact) mass is 349 g/mol. The number of carbonyl (C=O) groups excluding carboxylic acids is 1. The summed E-state index contributed by atoms with van der Waals surface area (Å²) in [6.45, 7) is 6.51. The summed E-state index contributed by atoms with van der Waals surface area (Å²) in [5.74, 6) is 2.01. The van der Waals surface area contributed by atoms with Crippen LogP contribution in [0.25, 0.3) is 0 Å². The number of ether oxygens (including phenoxy) is 1. The summed E-state index contributed by atoms with van der Waals surface area (Å²) in [7, 11) is 1.66. The van der Waals surface area contributed by atoms with Crippen molar-refractivity contribution in [2.24, 2.45) is 0 Å². The summed E-state index contributed by atoms with van der Waals surface area (Å²) in [5, 5.41) is 10.3. The van der Waals surface area contributed by atoms with Gasteiger partial charge in [-0.15, -0.1) is 21.5 Å². The summed E-state index contributed by atoms with van der Waals surface area (Å²) in [5.41, 5.74) is 0. The molecule has 2 aromatic heterocycles. The molecule has 0 spiro atoms. The maximum atomic E-state index is 12.8. The van der Waals surface area contributed by atoms with Crippen molar-refractivity contribution >= 4 is 17.2 Å². The zero-order chi connectivity index (χ0) is 16.9. The molecule has 0 fully saturated rings. The average molecular weight is 349 g/mol. The van der Waals surface area contributed by atoms with Gasteiger partial charge in [0.25, 0.3) is 0 Å². The van der Waals surface area contributed by atoms with E-state index in [1.54, 1.807) is 18.4 Å². The molecule has 0 aliphatic carbocycles. The van der Waals surface area contributed by atoms with Crippen molar-refractivity contribution in [1.29, 1.82) is 0 Å². The maximum Gasteiger partial charge on any atom is 0.237 e. The van der Waals surface area contributed by atoms with Crippen LogP contribution < -0.4 is 0 Å². The molecule has 0 bridgehead atoms. The van der Waals surface area contributed by atoms with Crippen LogP contribution in [-0.2, 0) is 29.2 Å². The Morgan fingerprint density at radius 2 is 2.29 bits per heavy atom. The predicted molar refractivity (Wildman–Crippen MR) is 91.6 cm³/mol.